The minimum Gasteiger partial charge on any atom is -0.306 e. The topological polar surface area (TPSA) is 66.9 Å². The Bertz CT molecular complexity index is 598. The van der Waals surface area contributed by atoms with Crippen LogP contribution in [0.1, 0.15) is 11.4 Å². The molecule has 0 fully saturated rings. The number of aryl methyl sites for hydroxylation is 2. The SMILES string of the molecule is Cc1ccc(Cl)c(NC(=O)Nc2cnc(C)nc2)c1. The number of nitrogens with one attached hydrogen (secondary N) is 2. The number of hydrogen-bond acceptors (Lipinski definition) is 3. The molecule has 2 N–H and O–H groups in total. The predicted molar refractivity (Wildman–Crippen MR) is 75.6 cm³/mol. The maximum atomic E-state index is 11.8. The molecule has 19 heavy (non-hydrogen) atoms. The van der Waals surface area contributed by atoms with Crippen molar-refractivity contribution >= 4 is 29.0 Å². The third kappa shape index (κ3) is 3.66. The molecule has 0 aliphatic carbocycles. The Labute approximate surface area is 116 Å². The van der Waals surface area contributed by atoms with Crippen molar-refractivity contribution < 1.29 is 4.79 Å². The van der Waals surface area contributed by atoms with E-state index in [0.717, 1.165) is 5.56 Å². The number of aromatic nitrogens is 2. The number of carbonyl (C=O) groups is 1. The fourth-order valence-electron chi connectivity index (χ4n) is 1.48. The minimum atomic E-state index is -0.389. The van der Waals surface area contributed by atoms with Gasteiger partial charge in [0.2, 0.25) is 0 Å². The molecule has 0 atom stereocenters. The molecule has 0 saturated heterocycles. The molecule has 0 radical (unpaired) electrons. The van der Waals surface area contributed by atoms with E-state index >= 15 is 0 Å². The van der Waals surface area contributed by atoms with Gasteiger partial charge in [-0.15, -0.1) is 0 Å². The number of amides is 2. The Morgan fingerprint density at radius 2 is 1.84 bits per heavy atom. The van der Waals surface area contributed by atoms with Crippen LogP contribution in [0.3, 0.4) is 0 Å². The van der Waals surface area contributed by atoms with Gasteiger partial charge in [-0.25, -0.2) is 14.8 Å². The summed E-state index contributed by atoms with van der Waals surface area (Å²) in [4.78, 5) is 19.8. The summed E-state index contributed by atoms with van der Waals surface area (Å²) in [7, 11) is 0. The third-order valence-electron chi connectivity index (χ3n) is 2.41. The zero-order chi connectivity index (χ0) is 13.8. The van der Waals surface area contributed by atoms with Gasteiger partial charge in [0.15, 0.2) is 0 Å². The van der Waals surface area contributed by atoms with Gasteiger partial charge < -0.3 is 10.6 Å². The van der Waals surface area contributed by atoms with Crippen LogP contribution in [0.5, 0.6) is 0 Å². The summed E-state index contributed by atoms with van der Waals surface area (Å²) < 4.78 is 0. The lowest BCUT2D eigenvalue weighted by Gasteiger charge is -2.09. The predicted octanol–water partition coefficient (Wildman–Crippen LogP) is 3.39. The largest absolute Gasteiger partial charge is 0.323 e. The first-order valence-electron chi connectivity index (χ1n) is 5.67. The van der Waals surface area contributed by atoms with Crippen molar-refractivity contribution in [1.82, 2.24) is 9.97 Å². The fraction of sp³-hybridized carbons (Fsp3) is 0.154. The van der Waals surface area contributed by atoms with E-state index < -0.39 is 0 Å². The molecule has 2 aromatic rings. The molecule has 0 saturated carbocycles. The van der Waals surface area contributed by atoms with Crippen molar-refractivity contribution in [2.45, 2.75) is 13.8 Å². The van der Waals surface area contributed by atoms with E-state index in [2.05, 4.69) is 20.6 Å². The molecule has 0 unspecified atom stereocenters. The van der Waals surface area contributed by atoms with Gasteiger partial charge in [-0.2, -0.15) is 0 Å². The van der Waals surface area contributed by atoms with Crippen molar-refractivity contribution in [1.29, 1.82) is 0 Å². The van der Waals surface area contributed by atoms with E-state index in [-0.39, 0.29) is 6.03 Å². The van der Waals surface area contributed by atoms with E-state index in [9.17, 15) is 4.79 Å². The van der Waals surface area contributed by atoms with Crippen LogP contribution in [0.2, 0.25) is 5.02 Å². The highest BCUT2D eigenvalue weighted by molar-refractivity contribution is 6.33. The molecule has 0 bridgehead atoms. The Hall–Kier alpha value is -2.14. The van der Waals surface area contributed by atoms with Gasteiger partial charge in [-0.3, -0.25) is 0 Å². The van der Waals surface area contributed by atoms with Crippen LogP contribution < -0.4 is 10.6 Å². The average Bonchev–Trinajstić information content (AvgIpc) is 2.37. The first kappa shape index (κ1) is 13.3. The molecule has 5 nitrogen and oxygen atoms in total. The van der Waals surface area contributed by atoms with Crippen LogP contribution in [0.25, 0.3) is 0 Å². The average molecular weight is 277 g/mol. The maximum absolute atomic E-state index is 11.8. The zero-order valence-electron chi connectivity index (χ0n) is 10.6. The number of halogens is 1. The number of benzene rings is 1. The van der Waals surface area contributed by atoms with Gasteiger partial charge >= 0.3 is 6.03 Å². The van der Waals surface area contributed by atoms with Crippen molar-refractivity contribution in [2.24, 2.45) is 0 Å². The van der Waals surface area contributed by atoms with Crippen molar-refractivity contribution in [3.8, 4) is 0 Å². The van der Waals surface area contributed by atoms with Crippen LogP contribution in [-0.2, 0) is 0 Å². The number of hydrogen-bond donors (Lipinski definition) is 2. The summed E-state index contributed by atoms with van der Waals surface area (Å²) >= 11 is 6.00. The smallest absolute Gasteiger partial charge is 0.306 e. The van der Waals surface area contributed by atoms with Crippen molar-refractivity contribution in [3.05, 3.63) is 47.0 Å². The molecule has 0 spiro atoms. The highest BCUT2D eigenvalue weighted by atomic mass is 35.5. The molecule has 0 aliphatic heterocycles. The van der Waals surface area contributed by atoms with Crippen molar-refractivity contribution in [2.75, 3.05) is 10.6 Å². The Morgan fingerprint density at radius 3 is 2.53 bits per heavy atom. The number of rotatable bonds is 2. The van der Waals surface area contributed by atoms with E-state index in [1.165, 1.54) is 0 Å². The number of urea groups is 1. The molecular formula is C13H13ClN4O. The monoisotopic (exact) mass is 276 g/mol. The van der Waals surface area contributed by atoms with Gasteiger partial charge in [-0.1, -0.05) is 17.7 Å². The van der Waals surface area contributed by atoms with E-state index in [0.29, 0.717) is 22.2 Å². The highest BCUT2D eigenvalue weighted by Gasteiger charge is 2.06. The summed E-state index contributed by atoms with van der Waals surface area (Å²) in [6, 6.07) is 5.02. The fourth-order valence-corrected chi connectivity index (χ4v) is 1.64. The summed E-state index contributed by atoms with van der Waals surface area (Å²) in [5.41, 5.74) is 2.09. The van der Waals surface area contributed by atoms with E-state index in [1.807, 2.05) is 13.0 Å². The summed E-state index contributed by atoms with van der Waals surface area (Å²) in [6.45, 7) is 3.70. The Morgan fingerprint density at radius 1 is 1.16 bits per heavy atom. The van der Waals surface area contributed by atoms with Gasteiger partial charge in [-0.05, 0) is 31.5 Å². The standard InChI is InChI=1S/C13H13ClN4O/c1-8-3-4-11(14)12(5-8)18-13(19)17-10-6-15-9(2)16-7-10/h3-7H,1-2H3,(H2,17,18,19). The molecular weight excluding hydrogens is 264 g/mol. The van der Waals surface area contributed by atoms with Crippen molar-refractivity contribution in [3.63, 3.8) is 0 Å². The Balaban J connectivity index is 2.05. The van der Waals surface area contributed by atoms with Gasteiger partial charge in [0.1, 0.15) is 5.82 Å². The zero-order valence-corrected chi connectivity index (χ0v) is 11.3. The number of carbonyl (C=O) groups excluding carboxylic acids is 1. The number of nitrogens with zero attached hydrogens (tertiary/aromatic N) is 2. The van der Waals surface area contributed by atoms with E-state index in [4.69, 9.17) is 11.6 Å². The first-order valence-corrected chi connectivity index (χ1v) is 6.05. The maximum Gasteiger partial charge on any atom is 0.323 e. The van der Waals surface area contributed by atoms with Crippen LogP contribution in [0, 0.1) is 13.8 Å². The summed E-state index contributed by atoms with van der Waals surface area (Å²) in [6.07, 6.45) is 3.08. The summed E-state index contributed by atoms with van der Waals surface area (Å²) in [5.74, 6) is 0.646. The van der Waals surface area contributed by atoms with Crippen LogP contribution in [0.15, 0.2) is 30.6 Å². The normalized spacial score (nSPS) is 10.1. The quantitative estimate of drug-likeness (QED) is 0.883. The minimum absolute atomic E-state index is 0.389. The molecule has 2 amide bonds. The lowest BCUT2D eigenvalue weighted by molar-refractivity contribution is 0.262. The second-order valence-corrected chi connectivity index (χ2v) is 4.49. The first-order chi connectivity index (χ1) is 9.04. The third-order valence-corrected chi connectivity index (χ3v) is 2.74. The van der Waals surface area contributed by atoms with Gasteiger partial charge in [0.05, 0.1) is 28.8 Å². The molecule has 1 aromatic heterocycles. The number of anilines is 2. The molecule has 1 aromatic carbocycles. The summed E-state index contributed by atoms with van der Waals surface area (Å²) in [5, 5.41) is 5.79. The lowest BCUT2D eigenvalue weighted by atomic mass is 10.2. The molecule has 2 rings (SSSR count). The van der Waals surface area contributed by atoms with Crippen LogP contribution in [0.4, 0.5) is 16.2 Å². The Kier molecular flexibility index (Phi) is 3.97. The van der Waals surface area contributed by atoms with Gasteiger partial charge in [0, 0.05) is 0 Å². The molecule has 0 aliphatic rings. The van der Waals surface area contributed by atoms with Crippen LogP contribution >= 0.6 is 11.6 Å². The second kappa shape index (κ2) is 5.67. The molecule has 6 heteroatoms. The highest BCUT2D eigenvalue weighted by Crippen LogP contribution is 2.22. The van der Waals surface area contributed by atoms with Gasteiger partial charge in [0.25, 0.3) is 0 Å². The molecule has 1 heterocycles. The second-order valence-electron chi connectivity index (χ2n) is 4.08. The van der Waals surface area contributed by atoms with Crippen LogP contribution in [-0.4, -0.2) is 16.0 Å². The van der Waals surface area contributed by atoms with E-state index in [1.54, 1.807) is 31.5 Å². The lowest BCUT2D eigenvalue weighted by Crippen LogP contribution is -2.20. The molecule has 98 valence electrons.